The highest BCUT2D eigenvalue weighted by Crippen LogP contribution is 2.35. The van der Waals surface area contributed by atoms with Crippen LogP contribution in [0.4, 0.5) is 4.79 Å². The number of hydrogen-bond donors (Lipinski definition) is 2. The van der Waals surface area contributed by atoms with Gasteiger partial charge in [0.15, 0.2) is 0 Å². The van der Waals surface area contributed by atoms with E-state index in [1.807, 2.05) is 30.2 Å². The number of H-pyrrole nitrogens is 1. The van der Waals surface area contributed by atoms with Crippen molar-refractivity contribution >= 4 is 17.4 Å². The van der Waals surface area contributed by atoms with Crippen LogP contribution in [0.15, 0.2) is 23.8 Å². The van der Waals surface area contributed by atoms with Gasteiger partial charge in [-0.1, -0.05) is 6.07 Å². The molecule has 6 heteroatoms. The minimum absolute atomic E-state index is 0.0212. The molecule has 0 bridgehead atoms. The number of carbonyl (C=O) groups excluding carboxylic acids is 1. The van der Waals surface area contributed by atoms with Gasteiger partial charge in [0.25, 0.3) is 0 Å². The second-order valence-electron chi connectivity index (χ2n) is 5.23. The van der Waals surface area contributed by atoms with Crippen molar-refractivity contribution in [1.82, 2.24) is 20.2 Å². The maximum absolute atomic E-state index is 12.4. The van der Waals surface area contributed by atoms with Crippen LogP contribution in [0.5, 0.6) is 0 Å². The topological polar surface area (TPSA) is 61.0 Å². The van der Waals surface area contributed by atoms with Crippen molar-refractivity contribution in [2.45, 2.75) is 32.4 Å². The van der Waals surface area contributed by atoms with Crippen molar-refractivity contribution in [3.8, 4) is 0 Å². The SMILES string of the molecule is CC(C)NC(=O)N1CCc2[nH]cnc2C1c1cccs1. The Labute approximate surface area is 122 Å². The molecule has 0 saturated heterocycles. The third-order valence-corrected chi connectivity index (χ3v) is 4.34. The fraction of sp³-hybridized carbons (Fsp3) is 0.429. The Morgan fingerprint density at radius 3 is 3.15 bits per heavy atom. The zero-order valence-electron chi connectivity index (χ0n) is 11.6. The van der Waals surface area contributed by atoms with Crippen molar-refractivity contribution in [2.24, 2.45) is 0 Å². The van der Waals surface area contributed by atoms with Gasteiger partial charge in [-0.2, -0.15) is 0 Å². The summed E-state index contributed by atoms with van der Waals surface area (Å²) in [7, 11) is 0. The monoisotopic (exact) mass is 290 g/mol. The van der Waals surface area contributed by atoms with Crippen LogP contribution < -0.4 is 5.32 Å². The number of imidazole rings is 1. The summed E-state index contributed by atoms with van der Waals surface area (Å²) in [5.74, 6) is 0. The third-order valence-electron chi connectivity index (χ3n) is 3.41. The first kappa shape index (κ1) is 13.2. The van der Waals surface area contributed by atoms with E-state index in [0.29, 0.717) is 6.54 Å². The number of aromatic amines is 1. The molecule has 1 aliphatic rings. The molecule has 0 fully saturated rings. The van der Waals surface area contributed by atoms with Gasteiger partial charge >= 0.3 is 6.03 Å². The summed E-state index contributed by atoms with van der Waals surface area (Å²) in [6.45, 7) is 4.65. The molecule has 3 rings (SSSR count). The smallest absolute Gasteiger partial charge is 0.318 e. The number of rotatable bonds is 2. The predicted molar refractivity (Wildman–Crippen MR) is 78.8 cm³/mol. The lowest BCUT2D eigenvalue weighted by atomic mass is 10.0. The Hall–Kier alpha value is -1.82. The van der Waals surface area contributed by atoms with Crippen molar-refractivity contribution in [2.75, 3.05) is 6.54 Å². The molecule has 0 radical (unpaired) electrons. The fourth-order valence-corrected chi connectivity index (χ4v) is 3.40. The number of fused-ring (bicyclic) bond motifs is 1. The van der Waals surface area contributed by atoms with Gasteiger partial charge < -0.3 is 15.2 Å². The third kappa shape index (κ3) is 2.31. The Balaban J connectivity index is 1.96. The molecule has 3 heterocycles. The highest BCUT2D eigenvalue weighted by atomic mass is 32.1. The zero-order valence-corrected chi connectivity index (χ0v) is 12.4. The zero-order chi connectivity index (χ0) is 14.1. The summed E-state index contributed by atoms with van der Waals surface area (Å²) in [4.78, 5) is 23.1. The van der Waals surface area contributed by atoms with Crippen LogP contribution in [0.2, 0.25) is 0 Å². The number of urea groups is 1. The quantitative estimate of drug-likeness (QED) is 0.893. The van der Waals surface area contributed by atoms with E-state index in [4.69, 9.17) is 0 Å². The molecule has 0 spiro atoms. The molecule has 0 saturated carbocycles. The summed E-state index contributed by atoms with van der Waals surface area (Å²) in [6.07, 6.45) is 2.54. The van der Waals surface area contributed by atoms with Crippen LogP contribution in [0.25, 0.3) is 0 Å². The highest BCUT2D eigenvalue weighted by molar-refractivity contribution is 7.10. The first-order chi connectivity index (χ1) is 9.66. The van der Waals surface area contributed by atoms with Gasteiger partial charge in [-0.05, 0) is 25.3 Å². The Bertz CT molecular complexity index is 590. The second-order valence-corrected chi connectivity index (χ2v) is 6.21. The summed E-state index contributed by atoms with van der Waals surface area (Å²) < 4.78 is 0. The van der Waals surface area contributed by atoms with Crippen molar-refractivity contribution < 1.29 is 4.79 Å². The lowest BCUT2D eigenvalue weighted by molar-refractivity contribution is 0.177. The number of nitrogens with one attached hydrogen (secondary N) is 2. The first-order valence-corrected chi connectivity index (χ1v) is 7.67. The molecular formula is C14H18N4OS. The first-order valence-electron chi connectivity index (χ1n) is 6.79. The van der Waals surface area contributed by atoms with E-state index in [1.54, 1.807) is 17.7 Å². The molecule has 20 heavy (non-hydrogen) atoms. The molecule has 0 aliphatic carbocycles. The number of nitrogens with zero attached hydrogens (tertiary/aromatic N) is 2. The maximum Gasteiger partial charge on any atom is 0.318 e. The average molecular weight is 290 g/mol. The van der Waals surface area contributed by atoms with E-state index in [0.717, 1.165) is 22.7 Å². The summed E-state index contributed by atoms with van der Waals surface area (Å²) >= 11 is 1.66. The molecule has 0 aromatic carbocycles. The van der Waals surface area contributed by atoms with E-state index in [9.17, 15) is 4.79 Å². The molecule has 1 aliphatic heterocycles. The molecule has 2 aromatic heterocycles. The van der Waals surface area contributed by atoms with Gasteiger partial charge in [0.05, 0.1) is 12.0 Å². The van der Waals surface area contributed by atoms with E-state index in [2.05, 4.69) is 21.4 Å². The molecular weight excluding hydrogens is 272 g/mol. The average Bonchev–Trinajstić information content (AvgIpc) is 3.07. The maximum atomic E-state index is 12.4. The van der Waals surface area contributed by atoms with E-state index < -0.39 is 0 Å². The minimum atomic E-state index is -0.0799. The van der Waals surface area contributed by atoms with E-state index >= 15 is 0 Å². The highest BCUT2D eigenvalue weighted by Gasteiger charge is 2.34. The van der Waals surface area contributed by atoms with Crippen LogP contribution in [-0.2, 0) is 6.42 Å². The largest absolute Gasteiger partial charge is 0.348 e. The van der Waals surface area contributed by atoms with Crippen LogP contribution in [-0.4, -0.2) is 33.5 Å². The van der Waals surface area contributed by atoms with Crippen molar-refractivity contribution in [3.63, 3.8) is 0 Å². The van der Waals surface area contributed by atoms with Gasteiger partial charge in [-0.15, -0.1) is 11.3 Å². The van der Waals surface area contributed by atoms with Crippen LogP contribution in [0.1, 0.15) is 36.2 Å². The van der Waals surface area contributed by atoms with Crippen molar-refractivity contribution in [1.29, 1.82) is 0 Å². The molecule has 1 atom stereocenters. The summed E-state index contributed by atoms with van der Waals surface area (Å²) in [5, 5.41) is 5.02. The number of hydrogen-bond acceptors (Lipinski definition) is 3. The number of amides is 2. The van der Waals surface area contributed by atoms with Gasteiger partial charge in [0.1, 0.15) is 6.04 Å². The number of aromatic nitrogens is 2. The van der Waals surface area contributed by atoms with Crippen LogP contribution in [0, 0.1) is 0 Å². The molecule has 2 aromatic rings. The second kappa shape index (κ2) is 5.28. The number of carbonyl (C=O) groups is 1. The normalized spacial score (nSPS) is 18.1. The van der Waals surface area contributed by atoms with Crippen molar-refractivity contribution in [3.05, 3.63) is 40.1 Å². The number of thiophene rings is 1. The van der Waals surface area contributed by atoms with Gasteiger partial charge in [0, 0.05) is 29.6 Å². The fourth-order valence-electron chi connectivity index (χ4n) is 2.56. The molecule has 1 unspecified atom stereocenters. The van der Waals surface area contributed by atoms with Crippen LogP contribution >= 0.6 is 11.3 Å². The Morgan fingerprint density at radius 2 is 2.45 bits per heavy atom. The molecule has 106 valence electrons. The molecule has 2 amide bonds. The Kier molecular flexibility index (Phi) is 3.48. The molecule has 2 N–H and O–H groups in total. The van der Waals surface area contributed by atoms with E-state index in [-0.39, 0.29) is 18.1 Å². The predicted octanol–water partition coefficient (Wildman–Crippen LogP) is 2.54. The molecule has 5 nitrogen and oxygen atoms in total. The van der Waals surface area contributed by atoms with Gasteiger partial charge in [-0.25, -0.2) is 9.78 Å². The lowest BCUT2D eigenvalue weighted by Crippen LogP contribution is -2.47. The lowest BCUT2D eigenvalue weighted by Gasteiger charge is -2.34. The minimum Gasteiger partial charge on any atom is -0.348 e. The van der Waals surface area contributed by atoms with Gasteiger partial charge in [0.2, 0.25) is 0 Å². The van der Waals surface area contributed by atoms with Gasteiger partial charge in [-0.3, -0.25) is 0 Å². The standard InChI is InChI=1S/C14H18N4OS/c1-9(2)17-14(19)18-6-5-10-12(16-8-15-10)13(18)11-4-3-7-20-11/h3-4,7-9,13H,5-6H2,1-2H3,(H,15,16)(H,17,19). The Morgan fingerprint density at radius 1 is 1.60 bits per heavy atom. The van der Waals surface area contributed by atoms with E-state index in [1.165, 1.54) is 0 Å². The summed E-state index contributed by atoms with van der Waals surface area (Å²) in [6, 6.07) is 4.11. The van der Waals surface area contributed by atoms with Crippen LogP contribution in [0.3, 0.4) is 0 Å². The summed E-state index contributed by atoms with van der Waals surface area (Å²) in [5.41, 5.74) is 2.11.